The van der Waals surface area contributed by atoms with Crippen LogP contribution in [0.15, 0.2) is 78.4 Å². The highest BCUT2D eigenvalue weighted by atomic mass is 16.5. The van der Waals surface area contributed by atoms with Gasteiger partial charge in [0.05, 0.1) is 6.61 Å². The molecule has 32 heavy (non-hydrogen) atoms. The Hall–Kier alpha value is -4.04. The van der Waals surface area contributed by atoms with Crippen LogP contribution < -0.4 is 14.8 Å². The molecule has 0 saturated heterocycles. The van der Waals surface area contributed by atoms with Crippen LogP contribution in [0.1, 0.15) is 36.6 Å². The van der Waals surface area contributed by atoms with Gasteiger partial charge in [-0.3, -0.25) is 4.79 Å². The zero-order valence-electron chi connectivity index (χ0n) is 18.5. The van der Waals surface area contributed by atoms with Crippen molar-refractivity contribution in [1.82, 2.24) is 0 Å². The molecule has 0 aromatic heterocycles. The zero-order chi connectivity index (χ0) is 22.9. The largest absolute Gasteiger partial charge is 0.490 e. The minimum atomic E-state index is -0.465. The van der Waals surface area contributed by atoms with Gasteiger partial charge in [-0.05, 0) is 62.2 Å². The SMILES string of the molecule is CCOc1cc(/C=C(\C#N)C(=O)Nc2ccc(C)cc2)ccc1O[C@H](C)c1ccccc1. The van der Waals surface area contributed by atoms with Crippen molar-refractivity contribution in [3.63, 3.8) is 0 Å². The van der Waals surface area contributed by atoms with Gasteiger partial charge >= 0.3 is 0 Å². The summed E-state index contributed by atoms with van der Waals surface area (Å²) in [7, 11) is 0. The molecule has 0 heterocycles. The summed E-state index contributed by atoms with van der Waals surface area (Å²) in [6.45, 7) is 6.29. The molecule has 0 saturated carbocycles. The van der Waals surface area contributed by atoms with Crippen molar-refractivity contribution in [2.45, 2.75) is 26.9 Å². The summed E-state index contributed by atoms with van der Waals surface area (Å²) >= 11 is 0. The van der Waals surface area contributed by atoms with Gasteiger partial charge in [0.2, 0.25) is 0 Å². The van der Waals surface area contributed by atoms with E-state index in [1.807, 2.05) is 69.3 Å². The number of benzene rings is 3. The Morgan fingerprint density at radius 1 is 1.06 bits per heavy atom. The first-order valence-electron chi connectivity index (χ1n) is 10.5. The minimum absolute atomic E-state index is 0.000606. The summed E-state index contributed by atoms with van der Waals surface area (Å²) in [5.41, 5.74) is 3.45. The van der Waals surface area contributed by atoms with Gasteiger partial charge in [0.25, 0.3) is 5.91 Å². The maximum atomic E-state index is 12.6. The summed E-state index contributed by atoms with van der Waals surface area (Å²) in [6.07, 6.45) is 1.38. The summed E-state index contributed by atoms with van der Waals surface area (Å²) < 4.78 is 11.9. The zero-order valence-corrected chi connectivity index (χ0v) is 18.5. The second kappa shape index (κ2) is 10.8. The molecular formula is C27H26N2O3. The van der Waals surface area contributed by atoms with Crippen molar-refractivity contribution in [2.24, 2.45) is 0 Å². The van der Waals surface area contributed by atoms with Crippen molar-refractivity contribution in [1.29, 1.82) is 5.26 Å². The molecule has 3 rings (SSSR count). The molecule has 5 heteroatoms. The van der Waals surface area contributed by atoms with Crippen LogP contribution >= 0.6 is 0 Å². The topological polar surface area (TPSA) is 71.3 Å². The van der Waals surface area contributed by atoms with Gasteiger partial charge in [0.15, 0.2) is 11.5 Å². The van der Waals surface area contributed by atoms with E-state index in [0.29, 0.717) is 29.4 Å². The van der Waals surface area contributed by atoms with Crippen molar-refractivity contribution in [2.75, 3.05) is 11.9 Å². The summed E-state index contributed by atoms with van der Waals surface area (Å²) in [5, 5.41) is 12.3. The number of hydrogen-bond donors (Lipinski definition) is 1. The van der Waals surface area contributed by atoms with E-state index in [9.17, 15) is 10.1 Å². The van der Waals surface area contributed by atoms with Gasteiger partial charge in [-0.25, -0.2) is 0 Å². The highest BCUT2D eigenvalue weighted by molar-refractivity contribution is 6.09. The Balaban J connectivity index is 1.81. The minimum Gasteiger partial charge on any atom is -0.490 e. The predicted molar refractivity (Wildman–Crippen MR) is 126 cm³/mol. The molecule has 1 N–H and O–H groups in total. The summed E-state index contributed by atoms with van der Waals surface area (Å²) in [5.74, 6) is 0.690. The van der Waals surface area contributed by atoms with E-state index in [1.165, 1.54) is 6.08 Å². The van der Waals surface area contributed by atoms with E-state index in [0.717, 1.165) is 11.1 Å². The molecule has 0 radical (unpaired) electrons. The molecular weight excluding hydrogens is 400 g/mol. The van der Waals surface area contributed by atoms with Crippen molar-refractivity contribution in [3.05, 3.63) is 95.1 Å². The molecule has 0 bridgehead atoms. The Morgan fingerprint density at radius 3 is 2.44 bits per heavy atom. The lowest BCUT2D eigenvalue weighted by atomic mass is 10.1. The van der Waals surface area contributed by atoms with Gasteiger partial charge in [-0.2, -0.15) is 5.26 Å². The molecule has 0 aliphatic heterocycles. The average molecular weight is 427 g/mol. The van der Waals surface area contributed by atoms with E-state index < -0.39 is 5.91 Å². The Morgan fingerprint density at radius 2 is 1.78 bits per heavy atom. The molecule has 5 nitrogen and oxygen atoms in total. The van der Waals surface area contributed by atoms with Crippen LogP contribution in [0.4, 0.5) is 5.69 Å². The van der Waals surface area contributed by atoms with Crippen molar-refractivity contribution >= 4 is 17.7 Å². The summed E-state index contributed by atoms with van der Waals surface area (Å²) in [6, 6.07) is 24.7. The number of nitrogens with one attached hydrogen (secondary N) is 1. The number of nitrogens with zero attached hydrogens (tertiary/aromatic N) is 1. The van der Waals surface area contributed by atoms with E-state index in [2.05, 4.69) is 5.32 Å². The van der Waals surface area contributed by atoms with Crippen LogP contribution in [-0.2, 0) is 4.79 Å². The van der Waals surface area contributed by atoms with Crippen molar-refractivity contribution < 1.29 is 14.3 Å². The average Bonchev–Trinajstić information content (AvgIpc) is 2.81. The fourth-order valence-electron chi connectivity index (χ4n) is 3.11. The van der Waals surface area contributed by atoms with Crippen LogP contribution in [0.3, 0.4) is 0 Å². The number of anilines is 1. The number of rotatable bonds is 8. The van der Waals surface area contributed by atoms with Gasteiger partial charge in [0.1, 0.15) is 17.7 Å². The third-order valence-corrected chi connectivity index (χ3v) is 4.83. The number of amides is 1. The lowest BCUT2D eigenvalue weighted by molar-refractivity contribution is -0.112. The second-order valence-corrected chi connectivity index (χ2v) is 7.30. The molecule has 0 spiro atoms. The maximum Gasteiger partial charge on any atom is 0.266 e. The number of nitriles is 1. The normalized spacial score (nSPS) is 11.9. The maximum absolute atomic E-state index is 12.6. The monoisotopic (exact) mass is 426 g/mol. The quantitative estimate of drug-likeness (QED) is 0.350. The molecule has 1 amide bonds. The van der Waals surface area contributed by atoms with Crippen LogP contribution in [0.25, 0.3) is 6.08 Å². The van der Waals surface area contributed by atoms with Crippen LogP contribution in [-0.4, -0.2) is 12.5 Å². The van der Waals surface area contributed by atoms with Crippen LogP contribution in [0.2, 0.25) is 0 Å². The van der Waals surface area contributed by atoms with Gasteiger partial charge in [0, 0.05) is 5.69 Å². The van der Waals surface area contributed by atoms with Gasteiger partial charge in [-0.1, -0.05) is 54.1 Å². The third kappa shape index (κ3) is 5.99. The molecule has 3 aromatic rings. The predicted octanol–water partition coefficient (Wildman–Crippen LogP) is 6.08. The lowest BCUT2D eigenvalue weighted by Gasteiger charge is -2.18. The number of ether oxygens (including phenoxy) is 2. The molecule has 162 valence electrons. The fourth-order valence-corrected chi connectivity index (χ4v) is 3.11. The van der Waals surface area contributed by atoms with Crippen LogP contribution in [0.5, 0.6) is 11.5 Å². The number of aryl methyl sites for hydroxylation is 1. The second-order valence-electron chi connectivity index (χ2n) is 7.30. The number of carbonyl (C=O) groups is 1. The Labute approximate surface area is 188 Å². The number of carbonyl (C=O) groups excluding carboxylic acids is 1. The number of hydrogen-bond acceptors (Lipinski definition) is 4. The van der Waals surface area contributed by atoms with E-state index in [1.54, 1.807) is 30.3 Å². The van der Waals surface area contributed by atoms with Gasteiger partial charge in [-0.15, -0.1) is 0 Å². The first-order valence-corrected chi connectivity index (χ1v) is 10.5. The summed E-state index contributed by atoms with van der Waals surface area (Å²) in [4.78, 5) is 12.6. The first-order chi connectivity index (χ1) is 15.5. The molecule has 3 aromatic carbocycles. The molecule has 0 unspecified atom stereocenters. The van der Waals surface area contributed by atoms with Crippen LogP contribution in [0, 0.1) is 18.3 Å². The lowest BCUT2D eigenvalue weighted by Crippen LogP contribution is -2.13. The van der Waals surface area contributed by atoms with Crippen molar-refractivity contribution in [3.8, 4) is 17.6 Å². The Bertz CT molecular complexity index is 1130. The molecule has 0 fully saturated rings. The highest BCUT2D eigenvalue weighted by Gasteiger charge is 2.14. The standard InChI is InChI=1S/C27H26N2O3/c1-4-31-26-17-21(12-15-25(26)32-20(3)22-8-6-5-7-9-22)16-23(18-28)27(30)29-24-13-10-19(2)11-14-24/h5-17,20H,4H2,1-3H3,(H,29,30)/b23-16+/t20-/m1/s1. The first kappa shape index (κ1) is 22.6. The van der Waals surface area contributed by atoms with E-state index in [4.69, 9.17) is 9.47 Å². The molecule has 1 atom stereocenters. The van der Waals surface area contributed by atoms with E-state index >= 15 is 0 Å². The Kier molecular flexibility index (Phi) is 7.66. The smallest absolute Gasteiger partial charge is 0.266 e. The van der Waals surface area contributed by atoms with Gasteiger partial charge < -0.3 is 14.8 Å². The molecule has 0 aliphatic carbocycles. The third-order valence-electron chi connectivity index (χ3n) is 4.83. The van der Waals surface area contributed by atoms with E-state index in [-0.39, 0.29) is 11.7 Å². The highest BCUT2D eigenvalue weighted by Crippen LogP contribution is 2.33. The molecule has 0 aliphatic rings. The fraction of sp³-hybridized carbons (Fsp3) is 0.185.